The van der Waals surface area contributed by atoms with E-state index in [0.717, 1.165) is 43.1 Å². The monoisotopic (exact) mass is 374 g/mol. The van der Waals surface area contributed by atoms with Crippen molar-refractivity contribution in [2.75, 3.05) is 26.2 Å². The van der Waals surface area contributed by atoms with E-state index in [1.54, 1.807) is 18.5 Å². The summed E-state index contributed by atoms with van der Waals surface area (Å²) in [5.41, 5.74) is 3.61. The number of pyridine rings is 1. The lowest BCUT2D eigenvalue weighted by Gasteiger charge is -2.12. The minimum absolute atomic E-state index is 0.469. The van der Waals surface area contributed by atoms with Crippen molar-refractivity contribution in [3.8, 4) is 11.8 Å². The second kappa shape index (κ2) is 10.4. The summed E-state index contributed by atoms with van der Waals surface area (Å²) in [4.78, 5) is 4.00. The van der Waals surface area contributed by atoms with E-state index >= 15 is 0 Å². The molecule has 1 aliphatic rings. The third-order valence-corrected chi connectivity index (χ3v) is 4.71. The average molecular weight is 374 g/mol. The van der Waals surface area contributed by atoms with E-state index in [2.05, 4.69) is 40.4 Å². The lowest BCUT2D eigenvalue weighted by atomic mass is 10.1. The number of hydrogen-bond donors (Lipinski definition) is 2. The fraction of sp³-hybridized carbons (Fsp3) is 0.304. The van der Waals surface area contributed by atoms with Crippen molar-refractivity contribution < 1.29 is 4.74 Å². The van der Waals surface area contributed by atoms with Crippen molar-refractivity contribution in [3.05, 3.63) is 71.6 Å². The lowest BCUT2D eigenvalue weighted by Crippen LogP contribution is -2.24. The van der Waals surface area contributed by atoms with E-state index in [9.17, 15) is 5.26 Å². The number of hydrogen-bond acceptors (Lipinski definition) is 5. The zero-order chi connectivity index (χ0) is 19.6. The van der Waals surface area contributed by atoms with Crippen LogP contribution in [0.5, 0.6) is 5.75 Å². The number of ether oxygens (including phenoxy) is 1. The Morgan fingerprint density at radius 1 is 1.36 bits per heavy atom. The molecule has 2 aromatic rings. The highest BCUT2D eigenvalue weighted by Crippen LogP contribution is 2.20. The van der Waals surface area contributed by atoms with Crippen LogP contribution in [0.25, 0.3) is 12.2 Å². The van der Waals surface area contributed by atoms with E-state index in [-0.39, 0.29) is 0 Å². The summed E-state index contributed by atoms with van der Waals surface area (Å²) in [6.07, 6.45) is 10.2. The van der Waals surface area contributed by atoms with E-state index in [0.29, 0.717) is 18.1 Å². The summed E-state index contributed by atoms with van der Waals surface area (Å²) in [5, 5.41) is 16.2. The minimum Gasteiger partial charge on any atom is -0.490 e. The van der Waals surface area contributed by atoms with Gasteiger partial charge in [-0.05, 0) is 66.9 Å². The summed E-state index contributed by atoms with van der Waals surface area (Å²) in [7, 11) is 0. The smallest absolute Gasteiger partial charge is 0.120 e. The molecule has 144 valence electrons. The molecule has 1 aromatic carbocycles. The van der Waals surface area contributed by atoms with Crippen LogP contribution < -0.4 is 15.4 Å². The van der Waals surface area contributed by atoms with Gasteiger partial charge in [-0.25, -0.2) is 0 Å². The van der Waals surface area contributed by atoms with Crippen LogP contribution in [0.4, 0.5) is 0 Å². The predicted octanol–water partition coefficient (Wildman–Crippen LogP) is 3.39. The van der Waals surface area contributed by atoms with Crippen molar-refractivity contribution in [2.24, 2.45) is 5.92 Å². The molecule has 3 rings (SSSR count). The molecule has 0 spiro atoms. The molecule has 0 amide bonds. The van der Waals surface area contributed by atoms with Gasteiger partial charge >= 0.3 is 0 Å². The molecule has 5 heteroatoms. The molecular formula is C23H26N4O. The van der Waals surface area contributed by atoms with Crippen molar-refractivity contribution in [2.45, 2.75) is 13.0 Å². The van der Waals surface area contributed by atoms with Crippen molar-refractivity contribution in [1.29, 1.82) is 5.26 Å². The average Bonchev–Trinajstić information content (AvgIpc) is 3.24. The molecule has 1 saturated heterocycles. The van der Waals surface area contributed by atoms with Crippen LogP contribution in [0.15, 0.2) is 49.3 Å². The Morgan fingerprint density at radius 2 is 2.29 bits per heavy atom. The molecule has 1 atom stereocenters. The molecule has 0 bridgehead atoms. The Kier molecular flexibility index (Phi) is 7.36. The maximum Gasteiger partial charge on any atom is 0.120 e. The van der Waals surface area contributed by atoms with Crippen LogP contribution >= 0.6 is 0 Å². The van der Waals surface area contributed by atoms with Gasteiger partial charge in [0, 0.05) is 18.9 Å². The number of benzene rings is 1. The van der Waals surface area contributed by atoms with Gasteiger partial charge in [-0.15, -0.1) is 0 Å². The normalized spacial score (nSPS) is 16.2. The van der Waals surface area contributed by atoms with Gasteiger partial charge in [0.25, 0.3) is 0 Å². The van der Waals surface area contributed by atoms with Gasteiger partial charge in [-0.3, -0.25) is 4.98 Å². The Hall–Kier alpha value is -2.94. The fourth-order valence-electron chi connectivity index (χ4n) is 3.26. The van der Waals surface area contributed by atoms with Gasteiger partial charge in [0.05, 0.1) is 5.56 Å². The maximum absolute atomic E-state index is 9.22. The molecule has 1 aromatic heterocycles. The summed E-state index contributed by atoms with van der Waals surface area (Å²) >= 11 is 0. The minimum atomic E-state index is 0.469. The Bertz CT molecular complexity index is 863. The first-order valence-corrected chi connectivity index (χ1v) is 9.60. The largest absolute Gasteiger partial charge is 0.490 e. The molecule has 1 unspecified atom stereocenters. The van der Waals surface area contributed by atoms with Gasteiger partial charge in [0.2, 0.25) is 0 Å². The first-order chi connectivity index (χ1) is 13.8. The third-order valence-electron chi connectivity index (χ3n) is 4.71. The first-order valence-electron chi connectivity index (χ1n) is 9.60. The highest BCUT2D eigenvalue weighted by atomic mass is 16.5. The molecule has 2 N–H and O–H groups in total. The number of nitrogens with one attached hydrogen (secondary N) is 2. The Morgan fingerprint density at radius 3 is 3.07 bits per heavy atom. The molecule has 28 heavy (non-hydrogen) atoms. The molecule has 0 radical (unpaired) electrons. The van der Waals surface area contributed by atoms with Crippen LogP contribution in [0, 0.1) is 17.2 Å². The summed E-state index contributed by atoms with van der Waals surface area (Å²) < 4.78 is 5.76. The maximum atomic E-state index is 9.22. The van der Waals surface area contributed by atoms with Gasteiger partial charge in [0.15, 0.2) is 0 Å². The standard InChI is InChI=1S/C23H26N4O/c1-2-9-28-23-11-18(3-4-21-6-8-26-17-22(21)13-24)10-20(12-23)16-27-15-19-5-7-25-14-19/h2-4,6,8,10-12,17,19,25,27H,1,5,7,9,14-16H2/b4-3+. The zero-order valence-corrected chi connectivity index (χ0v) is 16.0. The SMILES string of the molecule is C=CCOc1cc(/C=C/c2ccncc2C#N)cc(CNCC2CCNC2)c1. The van der Waals surface area contributed by atoms with Crippen LogP contribution in [-0.4, -0.2) is 31.2 Å². The Labute approximate surface area is 166 Å². The first kappa shape index (κ1) is 19.8. The molecule has 1 aliphatic heterocycles. The van der Waals surface area contributed by atoms with E-state index in [4.69, 9.17) is 4.74 Å². The fourth-order valence-corrected chi connectivity index (χ4v) is 3.26. The topological polar surface area (TPSA) is 70.0 Å². The molecular weight excluding hydrogens is 348 g/mol. The quantitative estimate of drug-likeness (QED) is 0.659. The Balaban J connectivity index is 1.73. The molecule has 5 nitrogen and oxygen atoms in total. The molecule has 2 heterocycles. The lowest BCUT2D eigenvalue weighted by molar-refractivity contribution is 0.362. The summed E-state index contributed by atoms with van der Waals surface area (Å²) in [5.74, 6) is 1.52. The number of nitrogens with zero attached hydrogens (tertiary/aromatic N) is 2. The number of aromatic nitrogens is 1. The van der Waals surface area contributed by atoms with Crippen molar-refractivity contribution >= 4 is 12.2 Å². The van der Waals surface area contributed by atoms with Gasteiger partial charge in [-0.2, -0.15) is 5.26 Å². The van der Waals surface area contributed by atoms with Crippen molar-refractivity contribution in [1.82, 2.24) is 15.6 Å². The van der Waals surface area contributed by atoms with Crippen LogP contribution in [0.2, 0.25) is 0 Å². The zero-order valence-electron chi connectivity index (χ0n) is 16.0. The molecule has 0 saturated carbocycles. The van der Waals surface area contributed by atoms with Crippen molar-refractivity contribution in [3.63, 3.8) is 0 Å². The highest BCUT2D eigenvalue weighted by Gasteiger charge is 2.13. The second-order valence-corrected chi connectivity index (χ2v) is 6.91. The number of nitriles is 1. The van der Waals surface area contributed by atoms with E-state index < -0.39 is 0 Å². The van der Waals surface area contributed by atoms with E-state index in [1.165, 1.54) is 12.0 Å². The molecule has 0 aliphatic carbocycles. The summed E-state index contributed by atoms with van der Waals surface area (Å²) in [6.45, 7) is 8.20. The van der Waals surface area contributed by atoms with Crippen LogP contribution in [-0.2, 0) is 6.54 Å². The predicted molar refractivity (Wildman–Crippen MR) is 113 cm³/mol. The van der Waals surface area contributed by atoms with E-state index in [1.807, 2.05) is 24.3 Å². The third kappa shape index (κ3) is 5.78. The van der Waals surface area contributed by atoms with Gasteiger partial charge in [0.1, 0.15) is 18.4 Å². The van der Waals surface area contributed by atoms with Crippen LogP contribution in [0.3, 0.4) is 0 Å². The summed E-state index contributed by atoms with van der Waals surface area (Å²) in [6, 6.07) is 10.2. The highest BCUT2D eigenvalue weighted by molar-refractivity contribution is 5.73. The van der Waals surface area contributed by atoms with Gasteiger partial charge < -0.3 is 15.4 Å². The molecule has 1 fully saturated rings. The second-order valence-electron chi connectivity index (χ2n) is 6.91. The van der Waals surface area contributed by atoms with Crippen LogP contribution in [0.1, 0.15) is 28.7 Å². The van der Waals surface area contributed by atoms with Gasteiger partial charge in [-0.1, -0.05) is 30.9 Å². The number of rotatable bonds is 9.